The first-order valence-corrected chi connectivity index (χ1v) is 7.58. The van der Waals surface area contributed by atoms with Gasteiger partial charge in [-0.1, -0.05) is 54.4 Å². The summed E-state index contributed by atoms with van der Waals surface area (Å²) in [6, 6.07) is 13.0. The highest BCUT2D eigenvalue weighted by Gasteiger charge is 2.21. The minimum Gasteiger partial charge on any atom is -0.461 e. The van der Waals surface area contributed by atoms with Crippen LogP contribution < -0.4 is 5.73 Å². The monoisotopic (exact) mass is 319 g/mol. The molecule has 2 nitrogen and oxygen atoms in total. The van der Waals surface area contributed by atoms with Crippen molar-refractivity contribution in [3.8, 4) is 0 Å². The average Bonchev–Trinajstić information content (AvgIpc) is 2.85. The largest absolute Gasteiger partial charge is 0.461 e. The fourth-order valence-corrected chi connectivity index (χ4v) is 3.15. The molecule has 0 fully saturated rings. The predicted octanol–water partition coefficient (Wildman–Crippen LogP) is 5.35. The van der Waals surface area contributed by atoms with Crippen molar-refractivity contribution in [1.29, 1.82) is 0 Å². The topological polar surface area (TPSA) is 39.2 Å². The van der Waals surface area contributed by atoms with Crippen LogP contribution >= 0.6 is 23.2 Å². The van der Waals surface area contributed by atoms with Crippen LogP contribution in [0.1, 0.15) is 29.9 Å². The molecule has 3 aromatic rings. The molecule has 1 atom stereocenters. The van der Waals surface area contributed by atoms with E-state index < -0.39 is 0 Å². The number of rotatable bonds is 3. The molecule has 0 spiro atoms. The molecule has 0 aliphatic heterocycles. The molecule has 1 aromatic heterocycles. The number of halogens is 2. The van der Waals surface area contributed by atoms with Gasteiger partial charge in [0.15, 0.2) is 0 Å². The van der Waals surface area contributed by atoms with Crippen molar-refractivity contribution < 1.29 is 4.42 Å². The molecule has 0 aliphatic carbocycles. The smallest absolute Gasteiger partial charge is 0.134 e. The summed E-state index contributed by atoms with van der Waals surface area (Å²) >= 11 is 12.2. The highest BCUT2D eigenvalue weighted by Crippen LogP contribution is 2.36. The van der Waals surface area contributed by atoms with E-state index in [1.54, 1.807) is 12.1 Å². The molecule has 0 bridgehead atoms. The third-order valence-corrected chi connectivity index (χ3v) is 4.20. The van der Waals surface area contributed by atoms with E-state index in [1.807, 2.05) is 30.3 Å². The molecule has 1 heterocycles. The van der Waals surface area contributed by atoms with Gasteiger partial charge < -0.3 is 10.2 Å². The summed E-state index contributed by atoms with van der Waals surface area (Å²) in [5.41, 5.74) is 9.17. The molecule has 0 saturated carbocycles. The van der Waals surface area contributed by atoms with Crippen molar-refractivity contribution in [2.45, 2.75) is 19.4 Å². The molecule has 1 unspecified atom stereocenters. The van der Waals surface area contributed by atoms with Gasteiger partial charge in [-0.2, -0.15) is 0 Å². The van der Waals surface area contributed by atoms with Crippen molar-refractivity contribution in [3.63, 3.8) is 0 Å². The van der Waals surface area contributed by atoms with Gasteiger partial charge in [0.1, 0.15) is 11.3 Å². The van der Waals surface area contributed by atoms with Crippen molar-refractivity contribution in [3.05, 3.63) is 69.4 Å². The Hall–Kier alpha value is -1.48. The van der Waals surface area contributed by atoms with E-state index in [0.717, 1.165) is 34.3 Å². The van der Waals surface area contributed by atoms with Crippen molar-refractivity contribution >= 4 is 34.2 Å². The maximum absolute atomic E-state index is 6.47. The maximum atomic E-state index is 6.47. The van der Waals surface area contributed by atoms with Crippen molar-refractivity contribution in [1.82, 2.24) is 0 Å². The predicted molar refractivity (Wildman–Crippen MR) is 88.1 cm³/mol. The molecule has 2 N–H and O–H groups in total. The van der Waals surface area contributed by atoms with Gasteiger partial charge in [0.2, 0.25) is 0 Å². The molecular formula is C17H15Cl2NO. The van der Waals surface area contributed by atoms with Crippen LogP contribution in [0.25, 0.3) is 11.0 Å². The Morgan fingerprint density at radius 3 is 2.62 bits per heavy atom. The van der Waals surface area contributed by atoms with Crippen molar-refractivity contribution in [2.24, 2.45) is 5.73 Å². The van der Waals surface area contributed by atoms with Gasteiger partial charge in [-0.3, -0.25) is 0 Å². The first-order valence-electron chi connectivity index (χ1n) is 6.82. The number of fused-ring (bicyclic) bond motifs is 1. The average molecular weight is 320 g/mol. The van der Waals surface area contributed by atoms with Gasteiger partial charge in [-0.25, -0.2) is 0 Å². The van der Waals surface area contributed by atoms with E-state index in [2.05, 4.69) is 6.92 Å². The zero-order chi connectivity index (χ0) is 15.0. The Balaban J connectivity index is 2.18. The van der Waals surface area contributed by atoms with Gasteiger partial charge in [-0.15, -0.1) is 0 Å². The van der Waals surface area contributed by atoms with Gasteiger partial charge in [-0.05, 0) is 23.8 Å². The molecule has 108 valence electrons. The number of hydrogen-bond acceptors (Lipinski definition) is 2. The molecule has 0 radical (unpaired) electrons. The molecule has 0 saturated heterocycles. The quantitative estimate of drug-likeness (QED) is 0.706. The summed E-state index contributed by atoms with van der Waals surface area (Å²) in [4.78, 5) is 0. The summed E-state index contributed by atoms with van der Waals surface area (Å²) in [6.45, 7) is 2.05. The van der Waals surface area contributed by atoms with Crippen LogP contribution in [0.4, 0.5) is 0 Å². The van der Waals surface area contributed by atoms with E-state index in [1.165, 1.54) is 0 Å². The summed E-state index contributed by atoms with van der Waals surface area (Å²) in [5, 5.41) is 2.21. The molecule has 4 heteroatoms. The number of benzene rings is 2. The molecule has 2 aromatic carbocycles. The van der Waals surface area contributed by atoms with Crippen LogP contribution in [0.15, 0.2) is 46.9 Å². The van der Waals surface area contributed by atoms with E-state index in [0.29, 0.717) is 10.0 Å². The van der Waals surface area contributed by atoms with Gasteiger partial charge >= 0.3 is 0 Å². The highest BCUT2D eigenvalue weighted by atomic mass is 35.5. The number of nitrogens with two attached hydrogens (primary N) is 1. The standard InChI is InChI=1S/C17H15Cl2NO/c1-2-14-16(12-5-3-4-6-15(12)21-14)17(20)11-8-7-10(18)9-13(11)19/h3-9,17H,2,20H2,1H3. The van der Waals surface area contributed by atoms with Crippen LogP contribution in [-0.2, 0) is 6.42 Å². The van der Waals surface area contributed by atoms with E-state index in [4.69, 9.17) is 33.4 Å². The second-order valence-corrected chi connectivity index (χ2v) is 5.78. The number of para-hydroxylation sites is 1. The summed E-state index contributed by atoms with van der Waals surface area (Å²) in [5.74, 6) is 0.898. The van der Waals surface area contributed by atoms with E-state index >= 15 is 0 Å². The Labute approximate surface area is 133 Å². The first kappa shape index (κ1) is 14.5. The summed E-state index contributed by atoms with van der Waals surface area (Å²) < 4.78 is 5.91. The van der Waals surface area contributed by atoms with Gasteiger partial charge in [0.05, 0.1) is 6.04 Å². The van der Waals surface area contributed by atoms with Crippen LogP contribution in [0, 0.1) is 0 Å². The number of aryl methyl sites for hydroxylation is 1. The van der Waals surface area contributed by atoms with Gasteiger partial charge in [0.25, 0.3) is 0 Å². The van der Waals surface area contributed by atoms with Crippen molar-refractivity contribution in [2.75, 3.05) is 0 Å². The fraction of sp³-hybridized carbons (Fsp3) is 0.176. The fourth-order valence-electron chi connectivity index (χ4n) is 2.63. The van der Waals surface area contributed by atoms with E-state index in [-0.39, 0.29) is 6.04 Å². The van der Waals surface area contributed by atoms with Gasteiger partial charge in [0, 0.05) is 27.4 Å². The Morgan fingerprint density at radius 1 is 1.14 bits per heavy atom. The summed E-state index contributed by atoms with van der Waals surface area (Å²) in [7, 11) is 0. The number of hydrogen-bond donors (Lipinski definition) is 1. The zero-order valence-electron chi connectivity index (χ0n) is 11.6. The third-order valence-electron chi connectivity index (χ3n) is 3.64. The molecule has 0 amide bonds. The lowest BCUT2D eigenvalue weighted by molar-refractivity contribution is 0.546. The first-order chi connectivity index (χ1) is 10.1. The molecule has 21 heavy (non-hydrogen) atoms. The summed E-state index contributed by atoms with van der Waals surface area (Å²) in [6.07, 6.45) is 0.781. The Bertz CT molecular complexity index is 795. The lowest BCUT2D eigenvalue weighted by atomic mass is 9.96. The second kappa shape index (κ2) is 5.72. The number of furan rings is 1. The normalized spacial score (nSPS) is 12.8. The van der Waals surface area contributed by atoms with E-state index in [9.17, 15) is 0 Å². The van der Waals surface area contributed by atoms with Crippen LogP contribution in [0.2, 0.25) is 10.0 Å². The lowest BCUT2D eigenvalue weighted by Gasteiger charge is -2.14. The van der Waals surface area contributed by atoms with Crippen LogP contribution in [0.3, 0.4) is 0 Å². The zero-order valence-corrected chi connectivity index (χ0v) is 13.1. The molecular weight excluding hydrogens is 305 g/mol. The minimum absolute atomic E-state index is 0.339. The third kappa shape index (κ3) is 2.55. The Morgan fingerprint density at radius 2 is 1.90 bits per heavy atom. The van der Waals surface area contributed by atoms with Crippen LogP contribution in [-0.4, -0.2) is 0 Å². The molecule has 3 rings (SSSR count). The highest BCUT2D eigenvalue weighted by molar-refractivity contribution is 6.35. The minimum atomic E-state index is -0.339. The second-order valence-electron chi connectivity index (χ2n) is 4.93. The SMILES string of the molecule is CCc1oc2ccccc2c1C(N)c1ccc(Cl)cc1Cl. The van der Waals surface area contributed by atoms with Crippen LogP contribution in [0.5, 0.6) is 0 Å². The lowest BCUT2D eigenvalue weighted by Crippen LogP contribution is -2.13. The maximum Gasteiger partial charge on any atom is 0.134 e. The molecule has 0 aliphatic rings. The Kier molecular flexibility index (Phi) is 3.94.